The highest BCUT2D eigenvalue weighted by molar-refractivity contribution is 5.82. The number of allylic oxidation sites excluding steroid dienone is 10. The molecule has 2 atom stereocenters. The van der Waals surface area contributed by atoms with Crippen LogP contribution in [0.5, 0.6) is 0 Å². The molecule has 0 aromatic rings. The van der Waals surface area contributed by atoms with E-state index in [9.17, 15) is 4.79 Å². The highest BCUT2D eigenvalue weighted by Crippen LogP contribution is 2.56. The largest absolute Gasteiger partial charge is 0.463 e. The smallest absolute Gasteiger partial charge is 0.330 e. The molecule has 0 bridgehead atoms. The van der Waals surface area contributed by atoms with Crippen molar-refractivity contribution < 1.29 is 9.53 Å². The lowest BCUT2D eigenvalue weighted by Crippen LogP contribution is -2.29. The van der Waals surface area contributed by atoms with E-state index in [2.05, 4.69) is 55.6 Å². The first-order valence-corrected chi connectivity index (χ1v) is 12.8. The van der Waals surface area contributed by atoms with Crippen LogP contribution in [0.3, 0.4) is 0 Å². The van der Waals surface area contributed by atoms with Crippen LogP contribution in [0.1, 0.15) is 65.7 Å². The summed E-state index contributed by atoms with van der Waals surface area (Å²) >= 11 is 0. The molecular formula is C30H37NO2. The molecule has 3 nitrogen and oxygen atoms in total. The Kier molecular flexibility index (Phi) is 6.07. The van der Waals surface area contributed by atoms with Crippen molar-refractivity contribution in [2.24, 2.45) is 17.3 Å². The number of hydrogen-bond donors (Lipinski definition) is 1. The molecule has 33 heavy (non-hydrogen) atoms. The van der Waals surface area contributed by atoms with Crippen LogP contribution in [0.2, 0.25) is 0 Å². The van der Waals surface area contributed by atoms with Gasteiger partial charge in [-0.3, -0.25) is 0 Å². The molecule has 1 aliphatic heterocycles. The fourth-order valence-corrected chi connectivity index (χ4v) is 5.43. The zero-order chi connectivity index (χ0) is 23.0. The van der Waals surface area contributed by atoms with Crippen LogP contribution >= 0.6 is 0 Å². The van der Waals surface area contributed by atoms with Gasteiger partial charge in [0.2, 0.25) is 0 Å². The molecule has 1 N–H and O–H groups in total. The highest BCUT2D eigenvalue weighted by atomic mass is 16.5. The van der Waals surface area contributed by atoms with Crippen molar-refractivity contribution in [1.82, 2.24) is 5.32 Å². The Morgan fingerprint density at radius 1 is 1.24 bits per heavy atom. The topological polar surface area (TPSA) is 38.3 Å². The molecule has 4 aliphatic carbocycles. The van der Waals surface area contributed by atoms with Gasteiger partial charge < -0.3 is 10.1 Å². The molecule has 0 saturated heterocycles. The van der Waals surface area contributed by atoms with E-state index in [-0.39, 0.29) is 5.97 Å². The minimum Gasteiger partial charge on any atom is -0.463 e. The molecule has 5 aliphatic rings. The Morgan fingerprint density at radius 3 is 2.79 bits per heavy atom. The maximum atomic E-state index is 11.7. The van der Waals surface area contributed by atoms with Crippen LogP contribution in [-0.2, 0) is 9.53 Å². The number of esters is 1. The third-order valence-corrected chi connectivity index (χ3v) is 7.97. The maximum absolute atomic E-state index is 11.7. The summed E-state index contributed by atoms with van der Waals surface area (Å²) in [4.78, 5) is 11.7. The Balaban J connectivity index is 1.33. The second kappa shape index (κ2) is 9.00. The van der Waals surface area contributed by atoms with E-state index in [1.165, 1.54) is 48.6 Å². The predicted octanol–water partition coefficient (Wildman–Crippen LogP) is 6.64. The van der Waals surface area contributed by atoms with Crippen molar-refractivity contribution in [2.45, 2.75) is 71.8 Å². The van der Waals surface area contributed by atoms with Gasteiger partial charge in [0.25, 0.3) is 0 Å². The first-order chi connectivity index (χ1) is 16.0. The van der Waals surface area contributed by atoms with Crippen LogP contribution in [0.4, 0.5) is 0 Å². The number of ether oxygens (including phenoxy) is 1. The highest BCUT2D eigenvalue weighted by Gasteiger charge is 2.48. The van der Waals surface area contributed by atoms with E-state index < -0.39 is 0 Å². The lowest BCUT2D eigenvalue weighted by molar-refractivity contribution is -0.137. The van der Waals surface area contributed by atoms with E-state index in [1.807, 2.05) is 13.0 Å². The van der Waals surface area contributed by atoms with E-state index >= 15 is 0 Å². The predicted molar refractivity (Wildman–Crippen MR) is 134 cm³/mol. The van der Waals surface area contributed by atoms with Gasteiger partial charge in [-0.2, -0.15) is 0 Å². The van der Waals surface area contributed by atoms with Gasteiger partial charge in [0, 0.05) is 23.1 Å². The van der Waals surface area contributed by atoms with Crippen molar-refractivity contribution in [3.05, 3.63) is 82.2 Å². The SMILES string of the molecule is CCOC(=O)/C=C/C1=C(/C)CC/C(CC2=C(C3(C)CC3)NC3C=C(C4CC4)C=CC23)=C/C=C\1. The minimum atomic E-state index is -0.278. The van der Waals surface area contributed by atoms with E-state index in [0.29, 0.717) is 24.0 Å². The number of carbonyl (C=O) groups excluding carboxylic acids is 1. The molecule has 2 saturated carbocycles. The van der Waals surface area contributed by atoms with Gasteiger partial charge in [-0.15, -0.1) is 0 Å². The number of rotatable bonds is 7. The van der Waals surface area contributed by atoms with Crippen molar-refractivity contribution in [3.8, 4) is 0 Å². The van der Waals surface area contributed by atoms with Crippen molar-refractivity contribution >= 4 is 5.97 Å². The Bertz CT molecular complexity index is 1040. The van der Waals surface area contributed by atoms with Crippen LogP contribution in [0.15, 0.2) is 82.2 Å². The number of hydrogen-bond acceptors (Lipinski definition) is 3. The molecular weight excluding hydrogens is 406 g/mol. The summed E-state index contributed by atoms with van der Waals surface area (Å²) in [7, 11) is 0. The summed E-state index contributed by atoms with van der Waals surface area (Å²) in [6.45, 7) is 6.85. The monoisotopic (exact) mass is 443 g/mol. The molecule has 2 unspecified atom stereocenters. The van der Waals surface area contributed by atoms with Gasteiger partial charge >= 0.3 is 5.97 Å². The van der Waals surface area contributed by atoms with Crippen LogP contribution in [0, 0.1) is 17.3 Å². The fraction of sp³-hybridized carbons (Fsp3) is 0.500. The zero-order valence-electron chi connectivity index (χ0n) is 20.3. The Morgan fingerprint density at radius 2 is 2.06 bits per heavy atom. The maximum Gasteiger partial charge on any atom is 0.330 e. The molecule has 0 aromatic carbocycles. The number of nitrogens with one attached hydrogen (secondary N) is 1. The van der Waals surface area contributed by atoms with Crippen molar-refractivity contribution in [1.29, 1.82) is 0 Å². The zero-order valence-corrected chi connectivity index (χ0v) is 20.3. The van der Waals surface area contributed by atoms with Crippen LogP contribution in [-0.4, -0.2) is 18.6 Å². The summed E-state index contributed by atoms with van der Waals surface area (Å²) in [5.74, 6) is 1.03. The number of fused-ring (bicyclic) bond motifs is 1. The Labute approximate surface area is 198 Å². The molecule has 0 radical (unpaired) electrons. The second-order valence-corrected chi connectivity index (χ2v) is 10.6. The minimum absolute atomic E-state index is 0.278. The van der Waals surface area contributed by atoms with E-state index in [4.69, 9.17) is 4.74 Å². The fourth-order valence-electron chi connectivity index (χ4n) is 5.43. The normalized spacial score (nSPS) is 32.9. The average Bonchev–Trinajstić information content (AvgIpc) is 3.72. The Hall–Kier alpha value is -2.55. The number of carbonyl (C=O) groups is 1. The van der Waals surface area contributed by atoms with Crippen molar-refractivity contribution in [3.63, 3.8) is 0 Å². The van der Waals surface area contributed by atoms with Gasteiger partial charge in [0.05, 0.1) is 12.6 Å². The average molecular weight is 444 g/mol. The lowest BCUT2D eigenvalue weighted by atomic mass is 9.82. The molecule has 0 aromatic heterocycles. The standard InChI is InChI=1S/C30H37NO2/c1-4-33-28(32)15-13-22-7-5-6-21(9-8-20(22)2)18-26-25-14-12-24(23-10-11-23)19-27(25)31-29(26)30(3)16-17-30/h5-7,12-15,19,23,25,27,31H,4,8-11,16-18H2,1-3H3/b7-5-,15-13+,21-6-,22-20-. The van der Waals surface area contributed by atoms with Gasteiger partial charge in [-0.05, 0) is 87.5 Å². The molecule has 0 amide bonds. The summed E-state index contributed by atoms with van der Waals surface area (Å²) in [5, 5.41) is 3.97. The quantitative estimate of drug-likeness (QED) is 0.354. The van der Waals surface area contributed by atoms with Crippen LogP contribution < -0.4 is 5.32 Å². The molecule has 2 fully saturated rings. The van der Waals surface area contributed by atoms with Crippen LogP contribution in [0.25, 0.3) is 0 Å². The third kappa shape index (κ3) is 4.88. The van der Waals surface area contributed by atoms with Gasteiger partial charge in [0.15, 0.2) is 0 Å². The van der Waals surface area contributed by atoms with Gasteiger partial charge in [-0.1, -0.05) is 54.5 Å². The van der Waals surface area contributed by atoms with Gasteiger partial charge in [-0.25, -0.2) is 4.79 Å². The lowest BCUT2D eigenvalue weighted by Gasteiger charge is -2.22. The summed E-state index contributed by atoms with van der Waals surface area (Å²) in [5.41, 5.74) is 9.00. The summed E-state index contributed by atoms with van der Waals surface area (Å²) < 4.78 is 5.02. The van der Waals surface area contributed by atoms with Crippen molar-refractivity contribution in [2.75, 3.05) is 6.61 Å². The van der Waals surface area contributed by atoms with E-state index in [1.54, 1.807) is 11.1 Å². The van der Waals surface area contributed by atoms with E-state index in [0.717, 1.165) is 30.8 Å². The molecule has 0 spiro atoms. The summed E-state index contributed by atoms with van der Waals surface area (Å²) in [6, 6.07) is 0.443. The van der Waals surface area contributed by atoms with Gasteiger partial charge in [0.1, 0.15) is 0 Å². The molecule has 5 rings (SSSR count). The molecule has 3 heteroatoms. The molecule has 1 heterocycles. The summed E-state index contributed by atoms with van der Waals surface area (Å²) in [6.07, 6.45) is 25.9. The first kappa shape index (κ1) is 22.3. The third-order valence-electron chi connectivity index (χ3n) is 7.97. The second-order valence-electron chi connectivity index (χ2n) is 10.6. The molecule has 174 valence electrons. The first-order valence-electron chi connectivity index (χ1n) is 12.8.